The van der Waals surface area contributed by atoms with E-state index in [1.54, 1.807) is 7.11 Å². The maximum atomic E-state index is 12.7. The number of hydrogen-bond donors (Lipinski definition) is 1. The largest absolute Gasteiger partial charge is 1.00 e. The molecule has 0 fully saturated rings. The SMILES string of the molecule is COc1cc(Nc2c3c([nH+]c4cc5c(cc24)OCO5)CCC3=O)cc(C)c1C.[Cl-]. The molecule has 1 aliphatic carbocycles. The fourth-order valence-corrected chi connectivity index (χ4v) is 4.01. The normalized spacial score (nSPS) is 14.0. The van der Waals surface area contributed by atoms with Crippen molar-refractivity contribution >= 4 is 28.1 Å². The number of Topliss-reactive ketones (excluding diaryl/α,β-unsaturated/α-hetero) is 1. The van der Waals surface area contributed by atoms with Crippen molar-refractivity contribution in [3.8, 4) is 17.2 Å². The second-order valence-electron chi connectivity index (χ2n) is 7.27. The van der Waals surface area contributed by atoms with Gasteiger partial charge >= 0.3 is 0 Å². The minimum atomic E-state index is 0. The fraction of sp³-hybridized carbons (Fsp3) is 0.273. The number of aryl methyl sites for hydroxylation is 2. The molecular formula is C22H21ClN2O4. The van der Waals surface area contributed by atoms with E-state index in [4.69, 9.17) is 14.2 Å². The Labute approximate surface area is 174 Å². The number of ketones is 1. The Balaban J connectivity index is 0.00000205. The van der Waals surface area contributed by atoms with Crippen LogP contribution in [0, 0.1) is 13.8 Å². The Hall–Kier alpha value is -2.99. The van der Waals surface area contributed by atoms with E-state index in [1.165, 1.54) is 0 Å². The lowest BCUT2D eigenvalue weighted by Crippen LogP contribution is -3.00. The van der Waals surface area contributed by atoms with Gasteiger partial charge in [-0.25, -0.2) is 4.98 Å². The lowest BCUT2D eigenvalue weighted by atomic mass is 10.0. The Kier molecular flexibility index (Phi) is 4.74. The van der Waals surface area contributed by atoms with Crippen molar-refractivity contribution in [2.24, 2.45) is 0 Å². The molecule has 0 spiro atoms. The molecule has 0 amide bonds. The summed E-state index contributed by atoms with van der Waals surface area (Å²) in [4.78, 5) is 16.1. The number of pyridine rings is 1. The summed E-state index contributed by atoms with van der Waals surface area (Å²) in [6.45, 7) is 4.29. The van der Waals surface area contributed by atoms with Gasteiger partial charge in [-0.15, -0.1) is 0 Å². The number of aromatic nitrogens is 1. The molecule has 0 saturated carbocycles. The minimum Gasteiger partial charge on any atom is -1.00 e. The predicted molar refractivity (Wildman–Crippen MR) is 105 cm³/mol. The Morgan fingerprint density at radius 3 is 2.59 bits per heavy atom. The van der Waals surface area contributed by atoms with E-state index in [2.05, 4.69) is 16.4 Å². The highest BCUT2D eigenvalue weighted by atomic mass is 35.5. The van der Waals surface area contributed by atoms with Gasteiger partial charge in [-0.1, -0.05) is 0 Å². The molecule has 3 aromatic rings. The van der Waals surface area contributed by atoms with E-state index in [0.717, 1.165) is 50.4 Å². The van der Waals surface area contributed by atoms with E-state index in [0.29, 0.717) is 24.3 Å². The number of carbonyl (C=O) groups excluding carboxylic acids is 1. The molecule has 2 aromatic carbocycles. The zero-order chi connectivity index (χ0) is 19.4. The lowest BCUT2D eigenvalue weighted by Gasteiger charge is -2.15. The summed E-state index contributed by atoms with van der Waals surface area (Å²) in [5, 5.41) is 4.39. The van der Waals surface area contributed by atoms with Crippen LogP contribution in [0.5, 0.6) is 17.2 Å². The summed E-state index contributed by atoms with van der Waals surface area (Å²) in [6.07, 6.45) is 1.23. The number of halogens is 1. The number of anilines is 2. The quantitative estimate of drug-likeness (QED) is 0.691. The number of benzene rings is 2. The van der Waals surface area contributed by atoms with Gasteiger partial charge in [0.25, 0.3) is 0 Å². The first-order chi connectivity index (χ1) is 13.5. The van der Waals surface area contributed by atoms with Crippen LogP contribution in [0.3, 0.4) is 0 Å². The third-order valence-corrected chi connectivity index (χ3v) is 5.61. The van der Waals surface area contributed by atoms with E-state index >= 15 is 0 Å². The number of aromatic amines is 1. The van der Waals surface area contributed by atoms with Crippen molar-refractivity contribution in [3.05, 3.63) is 46.6 Å². The number of hydrogen-bond acceptors (Lipinski definition) is 5. The van der Waals surface area contributed by atoms with Gasteiger partial charge in [0.1, 0.15) is 11.3 Å². The first-order valence-electron chi connectivity index (χ1n) is 9.32. The van der Waals surface area contributed by atoms with Gasteiger partial charge in [0.2, 0.25) is 12.3 Å². The summed E-state index contributed by atoms with van der Waals surface area (Å²) < 4.78 is 16.6. The zero-order valence-corrected chi connectivity index (χ0v) is 17.2. The van der Waals surface area contributed by atoms with E-state index < -0.39 is 0 Å². The molecule has 6 nitrogen and oxygen atoms in total. The zero-order valence-electron chi connectivity index (χ0n) is 16.4. The number of rotatable bonds is 3. The molecular weight excluding hydrogens is 392 g/mol. The van der Waals surface area contributed by atoms with Crippen molar-refractivity contribution in [2.75, 3.05) is 19.2 Å². The van der Waals surface area contributed by atoms with Gasteiger partial charge in [0.15, 0.2) is 23.0 Å². The molecule has 29 heavy (non-hydrogen) atoms. The second kappa shape index (κ2) is 7.12. The Morgan fingerprint density at radius 2 is 1.83 bits per heavy atom. The molecule has 150 valence electrons. The molecule has 0 unspecified atom stereocenters. The van der Waals surface area contributed by atoms with Crippen molar-refractivity contribution in [1.82, 2.24) is 0 Å². The number of H-pyrrole nitrogens is 1. The van der Waals surface area contributed by atoms with Crippen LogP contribution in [0.2, 0.25) is 0 Å². The summed E-state index contributed by atoms with van der Waals surface area (Å²) in [5.74, 6) is 2.36. The van der Waals surface area contributed by atoms with Crippen LogP contribution in [-0.4, -0.2) is 19.7 Å². The number of ether oxygens (including phenoxy) is 3. The van der Waals surface area contributed by atoms with Gasteiger partial charge in [0, 0.05) is 30.7 Å². The topological polar surface area (TPSA) is 70.9 Å². The van der Waals surface area contributed by atoms with E-state index in [-0.39, 0.29) is 25.0 Å². The average Bonchev–Trinajstić information content (AvgIpc) is 3.29. The molecule has 5 rings (SSSR count). The fourth-order valence-electron chi connectivity index (χ4n) is 4.01. The molecule has 2 heterocycles. The third-order valence-electron chi connectivity index (χ3n) is 5.61. The van der Waals surface area contributed by atoms with Crippen molar-refractivity contribution in [3.63, 3.8) is 0 Å². The van der Waals surface area contributed by atoms with Gasteiger partial charge in [-0.2, -0.15) is 0 Å². The van der Waals surface area contributed by atoms with Crippen molar-refractivity contribution in [2.45, 2.75) is 26.7 Å². The maximum Gasteiger partial charge on any atom is 0.231 e. The Morgan fingerprint density at radius 1 is 1.07 bits per heavy atom. The number of carbonyl (C=O) groups is 1. The summed E-state index contributed by atoms with van der Waals surface area (Å²) in [6, 6.07) is 7.90. The highest BCUT2D eigenvalue weighted by Gasteiger charge is 2.32. The lowest BCUT2D eigenvalue weighted by molar-refractivity contribution is -0.356. The van der Waals surface area contributed by atoms with Gasteiger partial charge in [-0.3, -0.25) is 4.79 Å². The van der Waals surface area contributed by atoms with E-state index in [1.807, 2.05) is 32.0 Å². The molecule has 0 saturated heterocycles. The monoisotopic (exact) mass is 412 g/mol. The van der Waals surface area contributed by atoms with Gasteiger partial charge < -0.3 is 31.9 Å². The van der Waals surface area contributed by atoms with Crippen LogP contribution in [0.25, 0.3) is 10.9 Å². The van der Waals surface area contributed by atoms with Gasteiger partial charge in [-0.05, 0) is 31.0 Å². The molecule has 0 atom stereocenters. The summed E-state index contributed by atoms with van der Waals surface area (Å²) >= 11 is 0. The highest BCUT2D eigenvalue weighted by Crippen LogP contribution is 2.41. The number of nitrogens with one attached hydrogen (secondary N) is 2. The molecule has 1 aromatic heterocycles. The number of methoxy groups -OCH3 is 1. The van der Waals surface area contributed by atoms with Crippen molar-refractivity contribution < 1.29 is 36.4 Å². The predicted octanol–water partition coefficient (Wildman–Crippen LogP) is 0.885. The minimum absolute atomic E-state index is 0. The Bertz CT molecular complexity index is 1160. The van der Waals surface area contributed by atoms with E-state index in [9.17, 15) is 4.79 Å². The summed E-state index contributed by atoms with van der Waals surface area (Å²) in [5.41, 5.74) is 6.49. The third kappa shape index (κ3) is 3.04. The smallest absolute Gasteiger partial charge is 0.231 e. The van der Waals surface area contributed by atoms with Gasteiger partial charge in [0.05, 0.1) is 24.2 Å². The van der Waals surface area contributed by atoms with Crippen LogP contribution in [0.15, 0.2) is 24.3 Å². The molecule has 2 N–H and O–H groups in total. The maximum absolute atomic E-state index is 12.7. The van der Waals surface area contributed by atoms with Crippen LogP contribution in [0.4, 0.5) is 11.4 Å². The molecule has 1 aliphatic heterocycles. The van der Waals surface area contributed by atoms with Crippen LogP contribution in [0.1, 0.15) is 33.6 Å². The molecule has 7 heteroatoms. The second-order valence-corrected chi connectivity index (χ2v) is 7.27. The van der Waals surface area contributed by atoms with Crippen molar-refractivity contribution in [1.29, 1.82) is 0 Å². The molecule has 0 bridgehead atoms. The standard InChI is InChI=1S/C22H20N2O4.ClH/c1-11-6-13(7-18(26-3)12(11)2)23-22-14-8-19-20(28-10-27-19)9-16(14)24-15-4-5-17(25)21(15)22;/h6-9H,4-5,10H2,1-3H3,(H,23,24);1H. The number of fused-ring (bicyclic) bond motifs is 3. The highest BCUT2D eigenvalue weighted by molar-refractivity contribution is 6.11. The van der Waals surface area contributed by atoms with Crippen LogP contribution < -0.4 is 36.9 Å². The average molecular weight is 413 g/mol. The molecule has 2 aliphatic rings. The summed E-state index contributed by atoms with van der Waals surface area (Å²) in [7, 11) is 1.67. The first-order valence-corrected chi connectivity index (χ1v) is 9.32. The molecule has 0 radical (unpaired) electrons. The van der Waals surface area contributed by atoms with Crippen LogP contribution >= 0.6 is 0 Å². The first kappa shape index (κ1) is 19.3. The van der Waals surface area contributed by atoms with Crippen LogP contribution in [-0.2, 0) is 6.42 Å².